The van der Waals surface area contributed by atoms with E-state index in [0.29, 0.717) is 5.92 Å². The van der Waals surface area contributed by atoms with Gasteiger partial charge in [0.25, 0.3) is 0 Å². The summed E-state index contributed by atoms with van der Waals surface area (Å²) < 4.78 is 15.7. The minimum absolute atomic E-state index is 0.150. The molecular weight excluding hydrogens is 367 g/mol. The first-order valence-corrected chi connectivity index (χ1v) is 9.81. The molecule has 29 heavy (non-hydrogen) atoms. The van der Waals surface area contributed by atoms with Gasteiger partial charge in [-0.25, -0.2) is 9.37 Å². The molecule has 0 amide bonds. The van der Waals surface area contributed by atoms with Crippen LogP contribution in [0.4, 0.5) is 4.39 Å². The van der Waals surface area contributed by atoms with Gasteiger partial charge < -0.3 is 4.57 Å². The Morgan fingerprint density at radius 3 is 2.93 bits per heavy atom. The summed E-state index contributed by atoms with van der Waals surface area (Å²) >= 11 is 0. The lowest BCUT2D eigenvalue weighted by molar-refractivity contribution is 0.480. The first-order chi connectivity index (χ1) is 14.2. The van der Waals surface area contributed by atoms with E-state index in [1.165, 1.54) is 5.56 Å². The summed E-state index contributed by atoms with van der Waals surface area (Å²) in [5.74, 6) is 0.223. The third-order valence-electron chi connectivity index (χ3n) is 5.63. The first kappa shape index (κ1) is 17.7. The fourth-order valence-corrected chi connectivity index (χ4v) is 4.20. The molecule has 0 saturated heterocycles. The molecule has 1 aliphatic rings. The Morgan fingerprint density at radius 1 is 1.14 bits per heavy atom. The monoisotopic (exact) mass is 388 g/mol. The van der Waals surface area contributed by atoms with Gasteiger partial charge in [0.15, 0.2) is 0 Å². The lowest BCUT2D eigenvalue weighted by atomic mass is 9.82. The van der Waals surface area contributed by atoms with Gasteiger partial charge in [-0.2, -0.15) is 15.4 Å². The van der Waals surface area contributed by atoms with E-state index in [-0.39, 0.29) is 5.82 Å². The lowest BCUT2D eigenvalue weighted by Gasteiger charge is -2.25. The minimum atomic E-state index is -0.150. The van der Waals surface area contributed by atoms with E-state index < -0.39 is 0 Å². The van der Waals surface area contributed by atoms with Gasteiger partial charge in [-0.3, -0.25) is 4.98 Å². The molecule has 5 rings (SSSR count). The highest BCUT2D eigenvalue weighted by molar-refractivity contribution is 5.67. The maximum Gasteiger partial charge on any atom is 0.123 e. The highest BCUT2D eigenvalue weighted by atomic mass is 19.1. The van der Waals surface area contributed by atoms with Crippen molar-refractivity contribution in [3.8, 4) is 22.6 Å². The van der Waals surface area contributed by atoms with Crippen molar-refractivity contribution in [3.05, 3.63) is 71.7 Å². The van der Waals surface area contributed by atoms with Gasteiger partial charge in [0.05, 0.1) is 17.7 Å². The summed E-state index contributed by atoms with van der Waals surface area (Å²) in [7, 11) is 0. The molecule has 1 aromatic carbocycles. The number of aryl methyl sites for hydroxylation is 2. The van der Waals surface area contributed by atoms with Crippen molar-refractivity contribution in [2.45, 2.75) is 38.6 Å². The number of imidazole rings is 1. The van der Waals surface area contributed by atoms with Crippen molar-refractivity contribution in [1.29, 1.82) is 0 Å². The number of benzene rings is 1. The Bertz CT molecular complexity index is 1160. The summed E-state index contributed by atoms with van der Waals surface area (Å²) in [6.45, 7) is 2.75. The Morgan fingerprint density at radius 2 is 2.07 bits per heavy atom. The molecule has 146 valence electrons. The maximum atomic E-state index is 13.6. The molecule has 1 N–H and O–H groups in total. The van der Waals surface area contributed by atoms with Gasteiger partial charge >= 0.3 is 0 Å². The Balaban J connectivity index is 1.39. The van der Waals surface area contributed by atoms with Crippen molar-refractivity contribution < 1.29 is 4.39 Å². The highest BCUT2D eigenvalue weighted by Gasteiger charge is 2.21. The second-order valence-electron chi connectivity index (χ2n) is 7.58. The molecule has 0 bridgehead atoms. The smallest absolute Gasteiger partial charge is 0.123 e. The third kappa shape index (κ3) is 3.44. The minimum Gasteiger partial charge on any atom is -0.336 e. The van der Waals surface area contributed by atoms with Crippen LogP contribution in [0, 0.1) is 12.7 Å². The molecule has 0 saturated carbocycles. The summed E-state index contributed by atoms with van der Waals surface area (Å²) in [5.41, 5.74) is 6.64. The standard InChI is InChI=1S/C22H21FN6/c1-14-22(27-28-26-14)16-7-8-24-20(10-16)21-12-29(13-25-21)11-17-4-2-3-15-9-18(23)5-6-19(15)17/h5-10,12-13,17H,2-4,11H2,1H3,(H,26,27,28). The zero-order chi connectivity index (χ0) is 19.8. The predicted octanol–water partition coefficient (Wildman–Crippen LogP) is 4.30. The summed E-state index contributed by atoms with van der Waals surface area (Å²) in [6.07, 6.45) is 8.79. The van der Waals surface area contributed by atoms with Crippen LogP contribution >= 0.6 is 0 Å². The Hall–Kier alpha value is -3.35. The van der Waals surface area contributed by atoms with Gasteiger partial charge in [-0.05, 0) is 61.6 Å². The van der Waals surface area contributed by atoms with Crippen molar-refractivity contribution in [3.63, 3.8) is 0 Å². The largest absolute Gasteiger partial charge is 0.336 e. The zero-order valence-corrected chi connectivity index (χ0v) is 16.1. The number of aromatic amines is 1. The summed E-state index contributed by atoms with van der Waals surface area (Å²) in [6, 6.07) is 9.09. The normalized spacial score (nSPS) is 16.0. The van der Waals surface area contributed by atoms with E-state index >= 15 is 0 Å². The van der Waals surface area contributed by atoms with E-state index in [0.717, 1.165) is 59.7 Å². The van der Waals surface area contributed by atoms with Crippen molar-refractivity contribution in [2.24, 2.45) is 0 Å². The van der Waals surface area contributed by atoms with Gasteiger partial charge in [0.2, 0.25) is 0 Å². The average molecular weight is 388 g/mol. The number of H-pyrrole nitrogens is 1. The summed E-state index contributed by atoms with van der Waals surface area (Å²) in [4.78, 5) is 9.04. The molecule has 0 radical (unpaired) electrons. The molecule has 3 heterocycles. The lowest BCUT2D eigenvalue weighted by Crippen LogP contribution is -2.15. The molecule has 6 nitrogen and oxygen atoms in total. The second-order valence-corrected chi connectivity index (χ2v) is 7.58. The number of nitrogens with zero attached hydrogens (tertiary/aromatic N) is 5. The number of halogens is 1. The number of hydrogen-bond acceptors (Lipinski definition) is 4. The van der Waals surface area contributed by atoms with Crippen LogP contribution in [0.2, 0.25) is 0 Å². The van der Waals surface area contributed by atoms with Crippen LogP contribution in [0.25, 0.3) is 22.6 Å². The molecule has 0 aliphatic heterocycles. The van der Waals surface area contributed by atoms with Gasteiger partial charge in [-0.15, -0.1) is 0 Å². The van der Waals surface area contributed by atoms with Gasteiger partial charge in [0.1, 0.15) is 17.2 Å². The van der Waals surface area contributed by atoms with E-state index in [4.69, 9.17) is 0 Å². The Kier molecular flexibility index (Phi) is 4.42. The molecule has 0 spiro atoms. The second kappa shape index (κ2) is 7.24. The molecule has 7 heteroatoms. The quantitative estimate of drug-likeness (QED) is 0.566. The van der Waals surface area contributed by atoms with Crippen LogP contribution in [0.3, 0.4) is 0 Å². The van der Waals surface area contributed by atoms with E-state index in [1.54, 1.807) is 18.3 Å². The topological polar surface area (TPSA) is 72.3 Å². The molecule has 1 aliphatic carbocycles. The molecule has 1 unspecified atom stereocenters. The SMILES string of the molecule is Cc1n[nH]nc1-c1ccnc(-c2cn(CC3CCCc4cc(F)ccc43)cn2)c1. The fraction of sp³-hybridized carbons (Fsp3) is 0.273. The zero-order valence-electron chi connectivity index (χ0n) is 16.1. The van der Waals surface area contributed by atoms with E-state index in [1.807, 2.05) is 37.6 Å². The van der Waals surface area contributed by atoms with Crippen molar-refractivity contribution in [1.82, 2.24) is 29.9 Å². The fourth-order valence-electron chi connectivity index (χ4n) is 4.20. The van der Waals surface area contributed by atoms with Crippen LogP contribution < -0.4 is 0 Å². The number of nitrogens with one attached hydrogen (secondary N) is 1. The number of aromatic nitrogens is 6. The first-order valence-electron chi connectivity index (χ1n) is 9.81. The predicted molar refractivity (Wildman–Crippen MR) is 108 cm³/mol. The van der Waals surface area contributed by atoms with Crippen LogP contribution in [0.1, 0.15) is 35.6 Å². The highest BCUT2D eigenvalue weighted by Crippen LogP contribution is 2.33. The van der Waals surface area contributed by atoms with Crippen LogP contribution in [0.5, 0.6) is 0 Å². The van der Waals surface area contributed by atoms with E-state index in [9.17, 15) is 4.39 Å². The molecule has 0 fully saturated rings. The maximum absolute atomic E-state index is 13.6. The van der Waals surface area contributed by atoms with Crippen molar-refractivity contribution >= 4 is 0 Å². The number of fused-ring (bicyclic) bond motifs is 1. The summed E-state index contributed by atoms with van der Waals surface area (Å²) in [5, 5.41) is 11.0. The molecular formula is C22H21FN6. The van der Waals surface area contributed by atoms with Gasteiger partial charge in [-0.1, -0.05) is 6.07 Å². The molecule has 4 aromatic rings. The molecule has 1 atom stereocenters. The Labute approximate surface area is 167 Å². The number of pyridine rings is 1. The van der Waals surface area contributed by atoms with Crippen LogP contribution in [0.15, 0.2) is 49.1 Å². The average Bonchev–Trinajstić information content (AvgIpc) is 3.37. The van der Waals surface area contributed by atoms with Crippen LogP contribution in [-0.2, 0) is 13.0 Å². The third-order valence-corrected chi connectivity index (χ3v) is 5.63. The van der Waals surface area contributed by atoms with Gasteiger partial charge in [0, 0.05) is 30.4 Å². The number of hydrogen-bond donors (Lipinski definition) is 1. The molecule has 3 aromatic heterocycles. The van der Waals surface area contributed by atoms with Crippen LogP contribution in [-0.4, -0.2) is 29.9 Å². The van der Waals surface area contributed by atoms with Crippen molar-refractivity contribution in [2.75, 3.05) is 0 Å². The number of rotatable bonds is 4. The van der Waals surface area contributed by atoms with E-state index in [2.05, 4.69) is 29.9 Å².